The monoisotopic (exact) mass is 473 g/mol. The molecule has 1 aromatic heterocycles. The number of carbonyl (C=O) groups is 3. The summed E-state index contributed by atoms with van der Waals surface area (Å²) in [5.74, 6) is -1.29. The van der Waals surface area contributed by atoms with Crippen LogP contribution in [0.4, 0.5) is 0 Å². The molecule has 2 atom stereocenters. The van der Waals surface area contributed by atoms with Crippen molar-refractivity contribution in [3.05, 3.63) is 46.8 Å². The van der Waals surface area contributed by atoms with E-state index in [1.165, 1.54) is 12.4 Å². The number of ketones is 2. The standard InChI is InChI=1S/C26H27N5O4/c1-14-7-18(24-29-12-16(11-27)13-30-24)8-15(2)21(14)22-20(32)9-17(23(22)33)5-6-28-25(34)19-10-26(3,4)35-31-19/h7-8,12-13,17,22H,5-6,9-10H2,1-4H3,(H,28,34). The number of nitriles is 1. The molecule has 1 aromatic carbocycles. The van der Waals surface area contributed by atoms with Gasteiger partial charge >= 0.3 is 0 Å². The predicted octanol–water partition coefficient (Wildman–Crippen LogP) is 2.94. The summed E-state index contributed by atoms with van der Waals surface area (Å²) in [6, 6.07) is 5.72. The van der Waals surface area contributed by atoms with Gasteiger partial charge in [0, 0.05) is 43.3 Å². The first kappa shape index (κ1) is 24.2. The molecular formula is C26H27N5O4. The van der Waals surface area contributed by atoms with E-state index in [2.05, 4.69) is 20.4 Å². The van der Waals surface area contributed by atoms with Crippen LogP contribution in [0.1, 0.15) is 61.3 Å². The van der Waals surface area contributed by atoms with Gasteiger partial charge in [0.2, 0.25) is 0 Å². The molecule has 1 fully saturated rings. The van der Waals surface area contributed by atoms with E-state index in [1.54, 1.807) is 0 Å². The van der Waals surface area contributed by atoms with Crippen LogP contribution in [0.15, 0.2) is 29.7 Å². The van der Waals surface area contributed by atoms with Gasteiger partial charge in [-0.3, -0.25) is 14.4 Å². The van der Waals surface area contributed by atoms with Crippen molar-refractivity contribution in [3.63, 3.8) is 0 Å². The van der Waals surface area contributed by atoms with E-state index in [0.717, 1.165) is 22.3 Å². The van der Waals surface area contributed by atoms with Gasteiger partial charge in [-0.15, -0.1) is 0 Å². The third-order valence-electron chi connectivity index (χ3n) is 6.41. The van der Waals surface area contributed by atoms with Gasteiger partial charge in [0.05, 0.1) is 5.56 Å². The third-order valence-corrected chi connectivity index (χ3v) is 6.41. The third kappa shape index (κ3) is 4.97. The van der Waals surface area contributed by atoms with Gasteiger partial charge in [0.15, 0.2) is 11.6 Å². The number of nitrogens with one attached hydrogen (secondary N) is 1. The summed E-state index contributed by atoms with van der Waals surface area (Å²) in [6.07, 6.45) is 3.89. The predicted molar refractivity (Wildman–Crippen MR) is 127 cm³/mol. The summed E-state index contributed by atoms with van der Waals surface area (Å²) in [4.78, 5) is 52.1. The molecule has 1 saturated carbocycles. The highest BCUT2D eigenvalue weighted by Gasteiger charge is 2.43. The van der Waals surface area contributed by atoms with Gasteiger partial charge in [0.1, 0.15) is 29.1 Å². The van der Waals surface area contributed by atoms with E-state index in [9.17, 15) is 14.4 Å². The maximum atomic E-state index is 13.2. The highest BCUT2D eigenvalue weighted by atomic mass is 16.7. The molecular weight excluding hydrogens is 446 g/mol. The second-order valence-corrected chi connectivity index (χ2v) is 9.74. The van der Waals surface area contributed by atoms with Gasteiger partial charge in [-0.25, -0.2) is 9.97 Å². The SMILES string of the molecule is Cc1cc(-c2ncc(C#N)cn2)cc(C)c1C1C(=O)CC(CCNC(=O)C2=NOC(C)(C)C2)C1=O. The molecule has 1 N–H and O–H groups in total. The molecule has 0 saturated heterocycles. The van der Waals surface area contributed by atoms with Crippen LogP contribution in [0.3, 0.4) is 0 Å². The zero-order chi connectivity index (χ0) is 25.3. The maximum Gasteiger partial charge on any atom is 0.269 e. The summed E-state index contributed by atoms with van der Waals surface area (Å²) in [5, 5.41) is 15.6. The number of carbonyl (C=O) groups excluding carboxylic acids is 3. The number of aryl methyl sites for hydroxylation is 2. The number of aromatic nitrogens is 2. The highest BCUT2D eigenvalue weighted by molar-refractivity contribution is 6.39. The number of hydrogen-bond acceptors (Lipinski definition) is 8. The lowest BCUT2D eigenvalue weighted by Crippen LogP contribution is -2.34. The fourth-order valence-electron chi connectivity index (χ4n) is 4.73. The van der Waals surface area contributed by atoms with Crippen LogP contribution in [0.5, 0.6) is 0 Å². The first-order valence-electron chi connectivity index (χ1n) is 11.5. The van der Waals surface area contributed by atoms with E-state index in [0.29, 0.717) is 29.9 Å². The first-order valence-corrected chi connectivity index (χ1v) is 11.5. The molecule has 2 aromatic rings. The summed E-state index contributed by atoms with van der Waals surface area (Å²) in [7, 11) is 0. The molecule has 180 valence electrons. The van der Waals surface area contributed by atoms with Crippen molar-refractivity contribution in [2.45, 2.75) is 58.5 Å². The van der Waals surface area contributed by atoms with Crippen molar-refractivity contribution < 1.29 is 19.2 Å². The number of amides is 1. The highest BCUT2D eigenvalue weighted by Crippen LogP contribution is 2.38. The largest absolute Gasteiger partial charge is 0.389 e. The molecule has 2 heterocycles. The van der Waals surface area contributed by atoms with Crippen LogP contribution >= 0.6 is 0 Å². The van der Waals surface area contributed by atoms with Crippen molar-refractivity contribution in [3.8, 4) is 17.5 Å². The number of hydrogen-bond donors (Lipinski definition) is 1. The van der Waals surface area contributed by atoms with E-state index in [1.807, 2.05) is 45.9 Å². The van der Waals surface area contributed by atoms with Gasteiger partial charge in [0.25, 0.3) is 5.91 Å². The fraction of sp³-hybridized carbons (Fsp3) is 0.423. The quantitative estimate of drug-likeness (QED) is 0.637. The molecule has 1 amide bonds. The average Bonchev–Trinajstić information content (AvgIpc) is 3.32. The molecule has 0 spiro atoms. The van der Waals surface area contributed by atoms with Gasteiger partial charge in [-0.2, -0.15) is 5.26 Å². The molecule has 9 nitrogen and oxygen atoms in total. The molecule has 2 aliphatic rings. The second-order valence-electron chi connectivity index (χ2n) is 9.74. The number of Topliss-reactive ketones (excluding diaryl/α,β-unsaturated/α-hetero) is 2. The topological polar surface area (TPSA) is 134 Å². The molecule has 2 unspecified atom stereocenters. The Morgan fingerprint density at radius 3 is 2.43 bits per heavy atom. The van der Waals surface area contributed by atoms with Crippen LogP contribution in [-0.4, -0.2) is 45.3 Å². The normalized spacial score (nSPS) is 20.8. The summed E-state index contributed by atoms with van der Waals surface area (Å²) in [5.41, 5.74) is 3.32. The van der Waals surface area contributed by atoms with Crippen molar-refractivity contribution in [2.75, 3.05) is 6.54 Å². The molecule has 0 radical (unpaired) electrons. The Labute approximate surface area is 203 Å². The minimum atomic E-state index is -0.806. The summed E-state index contributed by atoms with van der Waals surface area (Å²) < 4.78 is 0. The zero-order valence-electron chi connectivity index (χ0n) is 20.2. The Kier molecular flexibility index (Phi) is 6.48. The van der Waals surface area contributed by atoms with Crippen LogP contribution in [0, 0.1) is 31.1 Å². The number of nitrogens with zero attached hydrogens (tertiary/aromatic N) is 4. The van der Waals surface area contributed by atoms with E-state index < -0.39 is 17.4 Å². The van der Waals surface area contributed by atoms with Crippen LogP contribution in [0.25, 0.3) is 11.4 Å². The minimum Gasteiger partial charge on any atom is -0.389 e. The molecule has 9 heteroatoms. The molecule has 0 bridgehead atoms. The Morgan fingerprint density at radius 1 is 1.20 bits per heavy atom. The van der Waals surface area contributed by atoms with Gasteiger partial charge < -0.3 is 10.2 Å². The number of benzene rings is 1. The van der Waals surface area contributed by atoms with Crippen LogP contribution in [0.2, 0.25) is 0 Å². The van der Waals surface area contributed by atoms with Crippen molar-refractivity contribution >= 4 is 23.2 Å². The van der Waals surface area contributed by atoms with Crippen molar-refractivity contribution in [1.82, 2.24) is 15.3 Å². The molecule has 4 rings (SSSR count). The molecule has 35 heavy (non-hydrogen) atoms. The Bertz CT molecular complexity index is 1250. The zero-order valence-corrected chi connectivity index (χ0v) is 20.2. The Balaban J connectivity index is 1.44. The molecule has 1 aliphatic heterocycles. The Morgan fingerprint density at radius 2 is 1.86 bits per heavy atom. The minimum absolute atomic E-state index is 0.102. The summed E-state index contributed by atoms with van der Waals surface area (Å²) in [6.45, 7) is 7.73. The smallest absolute Gasteiger partial charge is 0.269 e. The van der Waals surface area contributed by atoms with Crippen molar-refractivity contribution in [2.24, 2.45) is 11.1 Å². The lowest BCUT2D eigenvalue weighted by atomic mass is 9.86. The van der Waals surface area contributed by atoms with Gasteiger partial charge in [-0.1, -0.05) is 5.16 Å². The van der Waals surface area contributed by atoms with E-state index in [-0.39, 0.29) is 30.4 Å². The second kappa shape index (κ2) is 9.37. The van der Waals surface area contributed by atoms with Crippen LogP contribution in [-0.2, 0) is 19.2 Å². The first-order chi connectivity index (χ1) is 16.6. The summed E-state index contributed by atoms with van der Waals surface area (Å²) >= 11 is 0. The fourth-order valence-corrected chi connectivity index (χ4v) is 4.73. The maximum absolute atomic E-state index is 13.2. The average molecular weight is 474 g/mol. The number of rotatable bonds is 6. The van der Waals surface area contributed by atoms with E-state index in [4.69, 9.17) is 10.1 Å². The lowest BCUT2D eigenvalue weighted by Gasteiger charge is -2.17. The lowest BCUT2D eigenvalue weighted by molar-refractivity contribution is -0.125. The van der Waals surface area contributed by atoms with Crippen molar-refractivity contribution in [1.29, 1.82) is 5.26 Å². The van der Waals surface area contributed by atoms with Gasteiger partial charge in [-0.05, 0) is 62.9 Å². The molecule has 1 aliphatic carbocycles. The van der Waals surface area contributed by atoms with Crippen LogP contribution < -0.4 is 5.32 Å². The van der Waals surface area contributed by atoms with E-state index >= 15 is 0 Å². The number of oxime groups is 1. The Hall–Kier alpha value is -3.93.